The molecule has 1 fully saturated rings. The highest BCUT2D eigenvalue weighted by Crippen LogP contribution is 2.47. The van der Waals surface area contributed by atoms with E-state index < -0.39 is 0 Å². The minimum atomic E-state index is -0.0119. The lowest BCUT2D eigenvalue weighted by atomic mass is 10.1. The van der Waals surface area contributed by atoms with Crippen molar-refractivity contribution in [1.29, 1.82) is 0 Å². The van der Waals surface area contributed by atoms with Crippen LogP contribution in [0.25, 0.3) is 0 Å². The molecular formula is C18H17ClN2O. The number of hydrogen-bond acceptors (Lipinski definition) is 2. The Morgan fingerprint density at radius 2 is 1.82 bits per heavy atom. The molecule has 3 nitrogen and oxygen atoms in total. The van der Waals surface area contributed by atoms with E-state index in [0.717, 1.165) is 17.7 Å². The first kappa shape index (κ1) is 14.8. The Hall–Kier alpha value is -2.13. The van der Waals surface area contributed by atoms with Gasteiger partial charge in [0.15, 0.2) is 0 Å². The Morgan fingerprint density at radius 1 is 1.14 bits per heavy atom. The summed E-state index contributed by atoms with van der Waals surface area (Å²) in [5.74, 6) is 0.346. The molecule has 2 atom stereocenters. The van der Waals surface area contributed by atoms with E-state index in [0.29, 0.717) is 10.9 Å². The monoisotopic (exact) mass is 312 g/mol. The molecular weight excluding hydrogens is 296 g/mol. The molecule has 0 bridgehead atoms. The zero-order valence-corrected chi connectivity index (χ0v) is 13.0. The lowest BCUT2D eigenvalue weighted by Gasteiger charge is -2.03. The maximum atomic E-state index is 12.1. The average Bonchev–Trinajstić information content (AvgIpc) is 3.34. The summed E-state index contributed by atoms with van der Waals surface area (Å²) in [7, 11) is 0. The van der Waals surface area contributed by atoms with E-state index >= 15 is 0 Å². The highest BCUT2D eigenvalue weighted by Gasteiger charge is 2.43. The maximum Gasteiger partial charge on any atom is 0.243 e. The summed E-state index contributed by atoms with van der Waals surface area (Å²) in [6.45, 7) is 1.87. The van der Waals surface area contributed by atoms with Crippen LogP contribution in [0.2, 0.25) is 5.02 Å². The molecule has 0 saturated heterocycles. The van der Waals surface area contributed by atoms with Crippen LogP contribution in [0.1, 0.15) is 30.4 Å². The molecule has 22 heavy (non-hydrogen) atoms. The number of carbonyl (C=O) groups excluding carboxylic acids is 1. The summed E-state index contributed by atoms with van der Waals surface area (Å²) in [6.07, 6.45) is 0.894. The topological polar surface area (TPSA) is 41.5 Å². The van der Waals surface area contributed by atoms with Crippen LogP contribution in [0.15, 0.2) is 59.7 Å². The standard InChI is InChI=1S/C18H17ClN2O/c1-12(13-7-9-15(19)10-8-13)20-21-18(22)17-11-16(17)14-5-3-2-4-6-14/h2-10,16-17H,11H2,1H3,(H,21,22)/b20-12+/t16-,17-/m1/s1. The molecule has 1 saturated carbocycles. The van der Waals surface area contributed by atoms with Crippen molar-refractivity contribution >= 4 is 23.2 Å². The predicted octanol–water partition coefficient (Wildman–Crippen LogP) is 3.98. The van der Waals surface area contributed by atoms with Crippen LogP contribution in [-0.4, -0.2) is 11.6 Å². The fraction of sp³-hybridized carbons (Fsp3) is 0.222. The van der Waals surface area contributed by atoms with Gasteiger partial charge in [0.05, 0.1) is 5.71 Å². The summed E-state index contributed by atoms with van der Waals surface area (Å²) in [6, 6.07) is 17.5. The Kier molecular flexibility index (Phi) is 4.25. The Bertz CT molecular complexity index is 695. The molecule has 4 heteroatoms. The summed E-state index contributed by atoms with van der Waals surface area (Å²) < 4.78 is 0. The minimum Gasteiger partial charge on any atom is -0.273 e. The van der Waals surface area contributed by atoms with Crippen molar-refractivity contribution in [2.45, 2.75) is 19.3 Å². The normalized spacial score (nSPS) is 20.5. The number of halogens is 1. The first-order chi connectivity index (χ1) is 10.6. The summed E-state index contributed by atoms with van der Waals surface area (Å²) >= 11 is 5.86. The number of nitrogens with zero attached hydrogens (tertiary/aromatic N) is 1. The fourth-order valence-electron chi connectivity index (χ4n) is 2.53. The molecule has 0 radical (unpaired) electrons. The number of nitrogens with one attached hydrogen (secondary N) is 1. The number of amides is 1. The highest BCUT2D eigenvalue weighted by atomic mass is 35.5. The van der Waals surface area contributed by atoms with Gasteiger partial charge in [-0.25, -0.2) is 5.43 Å². The molecule has 0 aliphatic heterocycles. The Morgan fingerprint density at radius 3 is 2.50 bits per heavy atom. The van der Waals surface area contributed by atoms with E-state index in [1.165, 1.54) is 5.56 Å². The molecule has 1 aliphatic carbocycles. The van der Waals surface area contributed by atoms with Crippen LogP contribution < -0.4 is 5.43 Å². The molecule has 112 valence electrons. The molecule has 2 aromatic rings. The van der Waals surface area contributed by atoms with E-state index in [4.69, 9.17) is 11.6 Å². The van der Waals surface area contributed by atoms with Gasteiger partial charge in [0.1, 0.15) is 0 Å². The van der Waals surface area contributed by atoms with Crippen LogP contribution in [0, 0.1) is 5.92 Å². The van der Waals surface area contributed by atoms with Gasteiger partial charge in [0.2, 0.25) is 5.91 Å². The van der Waals surface area contributed by atoms with Gasteiger partial charge in [-0.3, -0.25) is 4.79 Å². The van der Waals surface area contributed by atoms with Crippen molar-refractivity contribution in [2.75, 3.05) is 0 Å². The third-order valence-corrected chi connectivity index (χ3v) is 4.20. The molecule has 1 amide bonds. The van der Waals surface area contributed by atoms with Gasteiger partial charge in [-0.15, -0.1) is 0 Å². The molecule has 0 heterocycles. The van der Waals surface area contributed by atoms with Crippen LogP contribution in [0.4, 0.5) is 0 Å². The third-order valence-electron chi connectivity index (χ3n) is 3.95. The van der Waals surface area contributed by atoms with Gasteiger partial charge in [-0.05, 0) is 42.5 Å². The number of hydrogen-bond donors (Lipinski definition) is 1. The molecule has 1 aliphatic rings. The van der Waals surface area contributed by atoms with Crippen molar-refractivity contribution in [2.24, 2.45) is 11.0 Å². The second-order valence-electron chi connectivity index (χ2n) is 5.54. The quantitative estimate of drug-likeness (QED) is 0.673. The lowest BCUT2D eigenvalue weighted by Crippen LogP contribution is -2.21. The lowest BCUT2D eigenvalue weighted by molar-refractivity contribution is -0.122. The number of hydrazone groups is 1. The maximum absolute atomic E-state index is 12.1. The van der Waals surface area contributed by atoms with Crippen LogP contribution >= 0.6 is 11.6 Å². The Labute approximate surface area is 135 Å². The molecule has 1 N–H and O–H groups in total. The average molecular weight is 313 g/mol. The molecule has 0 spiro atoms. The second kappa shape index (κ2) is 6.32. The number of carbonyl (C=O) groups is 1. The zero-order valence-electron chi connectivity index (χ0n) is 12.3. The van der Waals surface area contributed by atoms with Crippen molar-refractivity contribution in [3.63, 3.8) is 0 Å². The van der Waals surface area contributed by atoms with E-state index in [9.17, 15) is 4.79 Å². The molecule has 0 unspecified atom stereocenters. The van der Waals surface area contributed by atoms with Gasteiger partial charge in [-0.1, -0.05) is 54.1 Å². The van der Waals surface area contributed by atoms with Crippen molar-refractivity contribution in [1.82, 2.24) is 5.43 Å². The van der Waals surface area contributed by atoms with E-state index in [2.05, 4.69) is 22.7 Å². The van der Waals surface area contributed by atoms with E-state index in [-0.39, 0.29) is 11.8 Å². The minimum absolute atomic E-state index is 0.0119. The third kappa shape index (κ3) is 3.37. The molecule has 2 aromatic carbocycles. The zero-order chi connectivity index (χ0) is 15.5. The van der Waals surface area contributed by atoms with Crippen LogP contribution in [-0.2, 0) is 4.79 Å². The van der Waals surface area contributed by atoms with Crippen molar-refractivity contribution in [3.8, 4) is 0 Å². The summed E-state index contributed by atoms with van der Waals surface area (Å²) in [4.78, 5) is 12.1. The molecule has 3 rings (SSSR count). The van der Waals surface area contributed by atoms with E-state index in [1.54, 1.807) is 0 Å². The van der Waals surface area contributed by atoms with E-state index in [1.807, 2.05) is 49.4 Å². The van der Waals surface area contributed by atoms with Crippen LogP contribution in [0.3, 0.4) is 0 Å². The fourth-order valence-corrected chi connectivity index (χ4v) is 2.66. The predicted molar refractivity (Wildman–Crippen MR) is 89.1 cm³/mol. The number of rotatable bonds is 4. The molecule has 0 aromatic heterocycles. The van der Waals surface area contributed by atoms with Gasteiger partial charge in [0.25, 0.3) is 0 Å². The summed E-state index contributed by atoms with van der Waals surface area (Å²) in [5, 5.41) is 4.87. The summed E-state index contributed by atoms with van der Waals surface area (Å²) in [5.41, 5.74) is 5.61. The van der Waals surface area contributed by atoms with Gasteiger partial charge in [0, 0.05) is 10.9 Å². The SMILES string of the molecule is C/C(=N\NC(=O)[C@@H]1C[C@@H]1c1ccccc1)c1ccc(Cl)cc1. The van der Waals surface area contributed by atoms with Crippen molar-refractivity contribution < 1.29 is 4.79 Å². The first-order valence-corrected chi connectivity index (χ1v) is 7.68. The first-order valence-electron chi connectivity index (χ1n) is 7.30. The van der Waals surface area contributed by atoms with Crippen molar-refractivity contribution in [3.05, 3.63) is 70.7 Å². The van der Waals surface area contributed by atoms with Crippen LogP contribution in [0.5, 0.6) is 0 Å². The second-order valence-corrected chi connectivity index (χ2v) is 5.98. The number of benzene rings is 2. The smallest absolute Gasteiger partial charge is 0.243 e. The highest BCUT2D eigenvalue weighted by molar-refractivity contribution is 6.30. The van der Waals surface area contributed by atoms with Gasteiger partial charge < -0.3 is 0 Å². The largest absolute Gasteiger partial charge is 0.273 e. The Balaban J connectivity index is 1.59. The van der Waals surface area contributed by atoms with Gasteiger partial charge in [-0.2, -0.15) is 5.10 Å². The van der Waals surface area contributed by atoms with Gasteiger partial charge >= 0.3 is 0 Å².